The fourth-order valence-corrected chi connectivity index (χ4v) is 2.04. The summed E-state index contributed by atoms with van der Waals surface area (Å²) in [5, 5.41) is 12.9. The lowest BCUT2D eigenvalue weighted by atomic mass is 10.1. The zero-order valence-electron chi connectivity index (χ0n) is 9.96. The third-order valence-electron chi connectivity index (χ3n) is 2.99. The molecule has 0 bridgehead atoms. The molecule has 0 amide bonds. The van der Waals surface area contributed by atoms with Gasteiger partial charge in [0.25, 0.3) is 5.69 Å². The predicted molar refractivity (Wildman–Crippen MR) is 67.5 cm³/mol. The minimum Gasteiger partial charge on any atom is -0.313 e. The van der Waals surface area contributed by atoms with E-state index in [2.05, 4.69) is 5.43 Å². The summed E-state index contributed by atoms with van der Waals surface area (Å²) in [5.41, 5.74) is 3.74. The van der Waals surface area contributed by atoms with Crippen molar-refractivity contribution in [3.8, 4) is 0 Å². The maximum absolute atomic E-state index is 11.0. The van der Waals surface area contributed by atoms with Crippen LogP contribution in [0.3, 0.4) is 0 Å². The lowest BCUT2D eigenvalue weighted by Gasteiger charge is -2.27. The van der Waals surface area contributed by atoms with Crippen LogP contribution in [0, 0.1) is 10.1 Å². The van der Waals surface area contributed by atoms with E-state index in [1.165, 1.54) is 12.5 Å². The second kappa shape index (κ2) is 5.59. The number of nitrogens with one attached hydrogen (secondary N) is 1. The van der Waals surface area contributed by atoms with Gasteiger partial charge in [0.2, 0.25) is 0 Å². The Labute approximate surface area is 105 Å². The van der Waals surface area contributed by atoms with E-state index in [0.717, 1.165) is 25.9 Å². The molecule has 1 N–H and O–H groups in total. The van der Waals surface area contributed by atoms with Crippen LogP contribution in [0.1, 0.15) is 29.6 Å². The molecule has 6 heteroatoms. The highest BCUT2D eigenvalue weighted by Gasteiger charge is 2.17. The predicted octanol–water partition coefficient (Wildman–Crippen LogP) is 2.22. The van der Waals surface area contributed by atoms with Gasteiger partial charge in [0.05, 0.1) is 4.92 Å². The van der Waals surface area contributed by atoms with Gasteiger partial charge in [-0.25, -0.2) is 5.01 Å². The summed E-state index contributed by atoms with van der Waals surface area (Å²) in [6, 6.07) is 4.45. The summed E-state index contributed by atoms with van der Waals surface area (Å²) in [6.45, 7) is 1.76. The van der Waals surface area contributed by atoms with Crippen LogP contribution >= 0.6 is 0 Å². The first-order valence-corrected chi connectivity index (χ1v) is 5.96. The highest BCUT2D eigenvalue weighted by molar-refractivity contribution is 5.79. The van der Waals surface area contributed by atoms with Crippen LogP contribution in [0.4, 0.5) is 11.4 Å². The molecule has 1 fully saturated rings. The number of nitro groups is 1. The molecule has 0 radical (unpaired) electrons. The first-order chi connectivity index (χ1) is 8.70. The fourth-order valence-electron chi connectivity index (χ4n) is 2.04. The van der Waals surface area contributed by atoms with Crippen LogP contribution in [-0.4, -0.2) is 29.3 Å². The van der Waals surface area contributed by atoms with Gasteiger partial charge in [-0.05, 0) is 25.0 Å². The van der Waals surface area contributed by atoms with Crippen molar-refractivity contribution >= 4 is 17.7 Å². The standard InChI is InChI=1S/C12H15N3O3/c16-9-10-4-5-11(12(8-10)15(17)18)13-14-6-2-1-3-7-14/h4-5,8-9,13H,1-3,6-7H2. The Balaban J connectivity index is 2.20. The first-order valence-electron chi connectivity index (χ1n) is 5.96. The van der Waals surface area contributed by atoms with E-state index >= 15 is 0 Å². The number of hydrogen-bond acceptors (Lipinski definition) is 5. The molecule has 0 atom stereocenters. The second-order valence-corrected chi connectivity index (χ2v) is 4.31. The molecule has 1 aromatic rings. The Morgan fingerprint density at radius 2 is 2.00 bits per heavy atom. The molecule has 1 aliphatic rings. The summed E-state index contributed by atoms with van der Waals surface area (Å²) in [6.07, 6.45) is 3.99. The van der Waals surface area contributed by atoms with Crippen LogP contribution < -0.4 is 5.43 Å². The van der Waals surface area contributed by atoms with Gasteiger partial charge in [-0.1, -0.05) is 6.42 Å². The average Bonchev–Trinajstić information content (AvgIpc) is 2.40. The number of carbonyl (C=O) groups excluding carboxylic acids is 1. The number of nitro benzene ring substituents is 1. The zero-order chi connectivity index (χ0) is 13.0. The average molecular weight is 249 g/mol. The van der Waals surface area contributed by atoms with E-state index in [9.17, 15) is 14.9 Å². The van der Waals surface area contributed by atoms with Crippen LogP contribution in [0.15, 0.2) is 18.2 Å². The van der Waals surface area contributed by atoms with Gasteiger partial charge < -0.3 is 5.43 Å². The molecule has 1 aromatic carbocycles. The van der Waals surface area contributed by atoms with Crippen molar-refractivity contribution in [1.82, 2.24) is 5.01 Å². The first kappa shape index (κ1) is 12.5. The summed E-state index contributed by atoms with van der Waals surface area (Å²) in [4.78, 5) is 21.1. The Morgan fingerprint density at radius 1 is 1.28 bits per heavy atom. The summed E-state index contributed by atoms with van der Waals surface area (Å²) in [5.74, 6) is 0. The molecule has 1 saturated heterocycles. The lowest BCUT2D eigenvalue weighted by molar-refractivity contribution is -0.384. The molecular formula is C12H15N3O3. The van der Waals surface area contributed by atoms with E-state index in [1.54, 1.807) is 12.1 Å². The Hall–Kier alpha value is -1.95. The van der Waals surface area contributed by atoms with E-state index in [0.29, 0.717) is 17.5 Å². The molecule has 0 saturated carbocycles. The number of nitrogens with zero attached hydrogens (tertiary/aromatic N) is 2. The SMILES string of the molecule is O=Cc1ccc(NN2CCCCC2)c([N+](=O)[O-])c1. The van der Waals surface area contributed by atoms with Crippen LogP contribution in [-0.2, 0) is 0 Å². The topological polar surface area (TPSA) is 75.5 Å². The van der Waals surface area contributed by atoms with Gasteiger partial charge >= 0.3 is 0 Å². The van der Waals surface area contributed by atoms with Crippen LogP contribution in [0.25, 0.3) is 0 Å². The van der Waals surface area contributed by atoms with Crippen molar-refractivity contribution in [2.45, 2.75) is 19.3 Å². The molecule has 96 valence electrons. The molecule has 0 aliphatic carbocycles. The number of hydrazine groups is 1. The number of benzene rings is 1. The fraction of sp³-hybridized carbons (Fsp3) is 0.417. The monoisotopic (exact) mass is 249 g/mol. The van der Waals surface area contributed by atoms with E-state index < -0.39 is 4.92 Å². The number of anilines is 1. The van der Waals surface area contributed by atoms with Crippen molar-refractivity contribution in [1.29, 1.82) is 0 Å². The van der Waals surface area contributed by atoms with E-state index in [1.807, 2.05) is 5.01 Å². The number of hydrogen-bond donors (Lipinski definition) is 1. The van der Waals surface area contributed by atoms with Gasteiger partial charge in [0.1, 0.15) is 12.0 Å². The van der Waals surface area contributed by atoms with E-state index in [-0.39, 0.29) is 5.69 Å². The Kier molecular flexibility index (Phi) is 3.88. The molecule has 1 heterocycles. The molecule has 18 heavy (non-hydrogen) atoms. The highest BCUT2D eigenvalue weighted by atomic mass is 16.6. The largest absolute Gasteiger partial charge is 0.313 e. The third-order valence-corrected chi connectivity index (χ3v) is 2.99. The smallest absolute Gasteiger partial charge is 0.294 e. The maximum Gasteiger partial charge on any atom is 0.294 e. The lowest BCUT2D eigenvalue weighted by Crippen LogP contribution is -2.35. The molecule has 1 aliphatic heterocycles. The zero-order valence-corrected chi connectivity index (χ0v) is 9.96. The number of aldehydes is 1. The van der Waals surface area contributed by atoms with Crippen LogP contribution in [0.2, 0.25) is 0 Å². The Morgan fingerprint density at radius 3 is 2.61 bits per heavy atom. The minimum atomic E-state index is -0.473. The van der Waals surface area contributed by atoms with Gasteiger partial charge in [-0.2, -0.15) is 0 Å². The third kappa shape index (κ3) is 2.84. The molecular weight excluding hydrogens is 234 g/mol. The van der Waals surface area contributed by atoms with Gasteiger partial charge in [-0.3, -0.25) is 14.9 Å². The minimum absolute atomic E-state index is 0.0647. The van der Waals surface area contributed by atoms with Crippen LogP contribution in [0.5, 0.6) is 0 Å². The van der Waals surface area contributed by atoms with Gasteiger partial charge in [-0.15, -0.1) is 0 Å². The normalized spacial score (nSPS) is 16.2. The Bertz CT molecular complexity index is 456. The molecule has 0 aromatic heterocycles. The van der Waals surface area contributed by atoms with Crippen molar-refractivity contribution < 1.29 is 9.72 Å². The van der Waals surface area contributed by atoms with Crippen molar-refractivity contribution in [3.63, 3.8) is 0 Å². The summed E-state index contributed by atoms with van der Waals surface area (Å²) >= 11 is 0. The van der Waals surface area contributed by atoms with Gasteiger partial charge in [0, 0.05) is 24.7 Å². The van der Waals surface area contributed by atoms with Crippen molar-refractivity contribution in [2.24, 2.45) is 0 Å². The number of carbonyl (C=O) groups is 1. The summed E-state index contributed by atoms with van der Waals surface area (Å²) < 4.78 is 0. The quantitative estimate of drug-likeness (QED) is 0.503. The van der Waals surface area contributed by atoms with Gasteiger partial charge in [0.15, 0.2) is 0 Å². The summed E-state index contributed by atoms with van der Waals surface area (Å²) in [7, 11) is 0. The molecule has 6 nitrogen and oxygen atoms in total. The highest BCUT2D eigenvalue weighted by Crippen LogP contribution is 2.26. The number of rotatable bonds is 4. The number of piperidine rings is 1. The van der Waals surface area contributed by atoms with Crippen molar-refractivity contribution in [3.05, 3.63) is 33.9 Å². The second-order valence-electron chi connectivity index (χ2n) is 4.31. The van der Waals surface area contributed by atoms with Crippen molar-refractivity contribution in [2.75, 3.05) is 18.5 Å². The maximum atomic E-state index is 11.0. The molecule has 0 spiro atoms. The molecule has 2 rings (SSSR count). The molecule has 0 unspecified atom stereocenters. The van der Waals surface area contributed by atoms with E-state index in [4.69, 9.17) is 0 Å².